The van der Waals surface area contributed by atoms with Gasteiger partial charge >= 0.3 is 0 Å². The van der Waals surface area contributed by atoms with Gasteiger partial charge in [0, 0.05) is 10.8 Å². The highest BCUT2D eigenvalue weighted by atomic mass is 15.2. The van der Waals surface area contributed by atoms with Crippen LogP contribution in [-0.2, 0) is 13.1 Å². The van der Waals surface area contributed by atoms with Gasteiger partial charge < -0.3 is 0 Å². The number of rotatable bonds is 7. The lowest BCUT2D eigenvalue weighted by molar-refractivity contribution is -0.737. The molecule has 0 radical (unpaired) electrons. The molecule has 2 atom stereocenters. The summed E-state index contributed by atoms with van der Waals surface area (Å²) in [4.78, 5) is 0. The zero-order chi connectivity index (χ0) is 24.5. The summed E-state index contributed by atoms with van der Waals surface area (Å²) in [6, 6.07) is 0.977. The summed E-state index contributed by atoms with van der Waals surface area (Å²) in [5.74, 6) is 0. The second-order valence-electron chi connectivity index (χ2n) is 14.5. The highest BCUT2D eigenvalue weighted by Crippen LogP contribution is 2.37. The topological polar surface area (TPSA) is 17.6 Å². The van der Waals surface area contributed by atoms with E-state index in [1.807, 2.05) is 0 Å². The molecule has 4 heteroatoms. The average molecular weight is 445 g/mol. The van der Waals surface area contributed by atoms with Gasteiger partial charge in [-0.15, -0.1) is 0 Å². The predicted octanol–water partition coefficient (Wildman–Crippen LogP) is 6.61. The van der Waals surface area contributed by atoms with Gasteiger partial charge in [-0.25, -0.2) is 18.3 Å². The summed E-state index contributed by atoms with van der Waals surface area (Å²) in [7, 11) is 0. The van der Waals surface area contributed by atoms with E-state index in [1.54, 1.807) is 0 Å². The molecule has 0 aliphatic rings. The first-order valence-electron chi connectivity index (χ1n) is 12.5. The Morgan fingerprint density at radius 3 is 1.12 bits per heavy atom. The van der Waals surface area contributed by atoms with Crippen molar-refractivity contribution in [1.82, 2.24) is 9.13 Å². The summed E-state index contributed by atoms with van der Waals surface area (Å²) in [5.41, 5.74) is 1.07. The lowest BCUT2D eigenvalue weighted by Gasteiger charge is -2.33. The average Bonchev–Trinajstić information content (AvgIpc) is 3.21. The summed E-state index contributed by atoms with van der Waals surface area (Å²) in [6.45, 7) is 30.2. The van der Waals surface area contributed by atoms with E-state index in [1.165, 1.54) is 12.8 Å². The highest BCUT2D eigenvalue weighted by molar-refractivity contribution is 4.80. The van der Waals surface area contributed by atoms with Gasteiger partial charge in [0.15, 0.2) is 0 Å². The number of nitrogens with zero attached hydrogens (tertiary/aromatic N) is 4. The van der Waals surface area contributed by atoms with Crippen molar-refractivity contribution in [1.29, 1.82) is 0 Å². The summed E-state index contributed by atoms with van der Waals surface area (Å²) < 4.78 is 9.53. The maximum Gasteiger partial charge on any atom is 0.244 e. The van der Waals surface area contributed by atoms with Crippen LogP contribution in [0, 0.1) is 21.7 Å². The van der Waals surface area contributed by atoms with E-state index in [9.17, 15) is 0 Å². The van der Waals surface area contributed by atoms with Gasteiger partial charge in [0.25, 0.3) is 0 Å². The summed E-state index contributed by atoms with van der Waals surface area (Å²) in [5, 5.41) is 0. The van der Waals surface area contributed by atoms with E-state index in [-0.39, 0.29) is 10.8 Å². The molecular formula is C28H52N4+2. The van der Waals surface area contributed by atoms with E-state index in [4.69, 9.17) is 0 Å². The number of hydrogen-bond donors (Lipinski definition) is 0. The van der Waals surface area contributed by atoms with Crippen molar-refractivity contribution in [2.75, 3.05) is 0 Å². The standard InChI is InChI=1S/C28H52N4/c1-25(2,3)19-23(27(7,8)9)31-17-15-29(21-31)13-14-30-16-18-32(22-30)24(28(10,11)12)20-26(4,5)6/h15-18,21-24H,13-14,19-20H2,1-12H3/q+2. The molecule has 0 spiro atoms. The molecule has 0 bridgehead atoms. The number of hydrogen-bond acceptors (Lipinski definition) is 0. The third-order valence-corrected chi connectivity index (χ3v) is 6.37. The normalized spacial score (nSPS) is 15.8. The van der Waals surface area contributed by atoms with Crippen LogP contribution in [0.1, 0.15) is 108 Å². The molecule has 2 unspecified atom stereocenters. The minimum absolute atomic E-state index is 0.227. The van der Waals surface area contributed by atoms with Gasteiger partial charge in [-0.05, 0) is 23.7 Å². The molecule has 2 heterocycles. The quantitative estimate of drug-likeness (QED) is 0.428. The zero-order valence-electron chi connectivity index (χ0n) is 23.2. The van der Waals surface area contributed by atoms with Gasteiger partial charge in [-0.2, -0.15) is 0 Å². The van der Waals surface area contributed by atoms with Crippen LogP contribution in [0.5, 0.6) is 0 Å². The number of aromatic nitrogens is 4. The maximum atomic E-state index is 2.43. The Labute approximate surface area is 198 Å². The fourth-order valence-electron chi connectivity index (χ4n) is 4.56. The largest absolute Gasteiger partial charge is 0.244 e. The van der Waals surface area contributed by atoms with Gasteiger partial charge in [0.05, 0.1) is 0 Å². The van der Waals surface area contributed by atoms with Crippen LogP contribution in [0.25, 0.3) is 0 Å². The fraction of sp³-hybridized carbons (Fsp3) is 0.786. The number of aryl methyl sites for hydroxylation is 2. The lowest BCUT2D eigenvalue weighted by Crippen LogP contribution is -2.46. The van der Waals surface area contributed by atoms with Gasteiger partial charge in [0.1, 0.15) is 50.0 Å². The molecule has 0 saturated carbocycles. The number of imidazole rings is 2. The third kappa shape index (κ3) is 8.08. The first kappa shape index (κ1) is 26.7. The molecule has 0 saturated heterocycles. The molecule has 0 aliphatic carbocycles. The zero-order valence-corrected chi connectivity index (χ0v) is 23.2. The van der Waals surface area contributed by atoms with E-state index in [2.05, 4.69) is 139 Å². The van der Waals surface area contributed by atoms with Crippen molar-refractivity contribution in [3.63, 3.8) is 0 Å². The van der Waals surface area contributed by atoms with Crippen LogP contribution >= 0.6 is 0 Å². The Morgan fingerprint density at radius 1 is 0.562 bits per heavy atom. The first-order chi connectivity index (χ1) is 14.4. The molecule has 2 aromatic heterocycles. The molecule has 0 amide bonds. The molecule has 0 aliphatic heterocycles. The molecule has 0 fully saturated rings. The molecule has 2 aromatic rings. The second-order valence-corrected chi connectivity index (χ2v) is 14.5. The Bertz CT molecular complexity index is 771. The first-order valence-corrected chi connectivity index (χ1v) is 12.5. The van der Waals surface area contributed by atoms with E-state index < -0.39 is 0 Å². The Kier molecular flexibility index (Phi) is 7.79. The van der Waals surface area contributed by atoms with E-state index in [0.717, 1.165) is 13.1 Å². The SMILES string of the molecule is CC(C)(C)CC([n+]1ccn(CCn2cc[n+](C(CC(C)(C)C)C(C)(C)C)c2)c1)C(C)(C)C. The summed E-state index contributed by atoms with van der Waals surface area (Å²) >= 11 is 0. The van der Waals surface area contributed by atoms with Crippen molar-refractivity contribution >= 4 is 0 Å². The van der Waals surface area contributed by atoms with Crippen LogP contribution in [0.4, 0.5) is 0 Å². The predicted molar refractivity (Wildman–Crippen MR) is 134 cm³/mol. The van der Waals surface area contributed by atoms with Crippen LogP contribution in [-0.4, -0.2) is 9.13 Å². The monoisotopic (exact) mass is 444 g/mol. The van der Waals surface area contributed by atoms with Crippen molar-refractivity contribution in [3.05, 3.63) is 37.4 Å². The maximum absolute atomic E-state index is 2.43. The highest BCUT2D eigenvalue weighted by Gasteiger charge is 2.35. The van der Waals surface area contributed by atoms with Gasteiger partial charge in [0.2, 0.25) is 12.7 Å². The minimum atomic E-state index is 0.227. The van der Waals surface area contributed by atoms with E-state index in [0.29, 0.717) is 22.9 Å². The van der Waals surface area contributed by atoms with Crippen LogP contribution in [0.2, 0.25) is 0 Å². The minimum Gasteiger partial charge on any atom is -0.234 e. The van der Waals surface area contributed by atoms with Crippen LogP contribution in [0.15, 0.2) is 37.4 Å². The Morgan fingerprint density at radius 2 is 0.875 bits per heavy atom. The van der Waals surface area contributed by atoms with Gasteiger partial charge in [-0.3, -0.25) is 0 Å². The molecular weight excluding hydrogens is 392 g/mol. The van der Waals surface area contributed by atoms with Gasteiger partial charge in [-0.1, -0.05) is 83.1 Å². The van der Waals surface area contributed by atoms with Crippen LogP contribution < -0.4 is 9.13 Å². The molecule has 0 N–H and O–H groups in total. The van der Waals surface area contributed by atoms with Crippen molar-refractivity contribution < 1.29 is 9.13 Å². The van der Waals surface area contributed by atoms with Crippen molar-refractivity contribution in [2.45, 2.75) is 121 Å². The second kappa shape index (κ2) is 9.35. The Balaban J connectivity index is 2.11. The molecule has 2 rings (SSSR count). The van der Waals surface area contributed by atoms with Crippen LogP contribution in [0.3, 0.4) is 0 Å². The van der Waals surface area contributed by atoms with Crippen molar-refractivity contribution in [2.24, 2.45) is 21.7 Å². The molecule has 182 valence electrons. The molecule has 32 heavy (non-hydrogen) atoms. The Hall–Kier alpha value is -1.58. The third-order valence-electron chi connectivity index (χ3n) is 6.37. The fourth-order valence-corrected chi connectivity index (χ4v) is 4.56. The summed E-state index contributed by atoms with van der Waals surface area (Å²) in [6.07, 6.45) is 15.9. The van der Waals surface area contributed by atoms with Crippen molar-refractivity contribution in [3.8, 4) is 0 Å². The van der Waals surface area contributed by atoms with E-state index >= 15 is 0 Å². The molecule has 0 aromatic carbocycles. The lowest BCUT2D eigenvalue weighted by atomic mass is 9.77. The molecule has 4 nitrogen and oxygen atoms in total. The smallest absolute Gasteiger partial charge is 0.234 e.